The molecule has 2 atom stereocenters. The lowest BCUT2D eigenvalue weighted by Crippen LogP contribution is -2.36. The van der Waals surface area contributed by atoms with Crippen LogP contribution >= 0.6 is 0 Å². The second-order valence-electron chi connectivity index (χ2n) is 6.37. The van der Waals surface area contributed by atoms with E-state index in [0.29, 0.717) is 11.1 Å². The highest BCUT2D eigenvalue weighted by atomic mass is 16.6. The topological polar surface area (TPSA) is 120 Å². The standard InChI is InChI=1S/C22H22N2O6/c1-3-29-21(25)20(22(26)30-4-2)19(16-8-6-5-7-9-16)18(14-23)15-10-12-17(13-11-15)24(27)28/h5-13,18-20H,3-4H2,1-2H3/t18-,19+/m0/s1. The average molecular weight is 410 g/mol. The molecule has 2 aromatic rings. The van der Waals surface area contributed by atoms with Crippen molar-refractivity contribution in [3.63, 3.8) is 0 Å². The Morgan fingerprint density at radius 3 is 1.93 bits per heavy atom. The van der Waals surface area contributed by atoms with Crippen molar-refractivity contribution in [1.29, 1.82) is 5.26 Å². The number of esters is 2. The molecule has 0 bridgehead atoms. The van der Waals surface area contributed by atoms with Gasteiger partial charge in [-0.25, -0.2) is 0 Å². The zero-order valence-electron chi connectivity index (χ0n) is 16.7. The van der Waals surface area contributed by atoms with Gasteiger partial charge in [-0.3, -0.25) is 19.7 Å². The van der Waals surface area contributed by atoms with E-state index in [9.17, 15) is 25.0 Å². The third kappa shape index (κ3) is 5.20. The van der Waals surface area contributed by atoms with Crippen molar-refractivity contribution in [3.05, 3.63) is 75.8 Å². The summed E-state index contributed by atoms with van der Waals surface area (Å²) in [4.78, 5) is 35.9. The summed E-state index contributed by atoms with van der Waals surface area (Å²) in [6.07, 6.45) is 0. The van der Waals surface area contributed by atoms with Gasteiger partial charge in [0.05, 0.1) is 30.1 Å². The Bertz CT molecular complexity index is 903. The molecule has 2 rings (SSSR count). The van der Waals surface area contributed by atoms with Gasteiger partial charge in [-0.1, -0.05) is 42.5 Å². The molecule has 0 radical (unpaired) electrons. The maximum atomic E-state index is 12.7. The number of ether oxygens (including phenoxy) is 2. The van der Waals surface area contributed by atoms with E-state index >= 15 is 0 Å². The molecular weight excluding hydrogens is 388 g/mol. The van der Waals surface area contributed by atoms with Crippen molar-refractivity contribution in [3.8, 4) is 6.07 Å². The predicted octanol–water partition coefficient (Wildman–Crippen LogP) is 3.73. The van der Waals surface area contributed by atoms with Crippen LogP contribution in [-0.2, 0) is 19.1 Å². The van der Waals surface area contributed by atoms with E-state index in [1.165, 1.54) is 24.3 Å². The minimum absolute atomic E-state index is 0.0605. The Balaban J connectivity index is 2.61. The molecule has 8 heteroatoms. The molecule has 0 saturated heterocycles. The molecule has 0 fully saturated rings. The Morgan fingerprint density at radius 1 is 0.967 bits per heavy atom. The molecule has 0 aromatic heterocycles. The number of non-ortho nitro benzene ring substituents is 1. The second-order valence-corrected chi connectivity index (χ2v) is 6.37. The number of carbonyl (C=O) groups excluding carboxylic acids is 2. The number of benzene rings is 2. The normalized spacial score (nSPS) is 12.5. The SMILES string of the molecule is CCOC(=O)C(C(=O)OCC)[C@H](c1ccccc1)[C@@H](C#N)c1ccc([N+](=O)[O-])cc1. The van der Waals surface area contributed by atoms with E-state index in [1.54, 1.807) is 44.2 Å². The molecule has 0 N–H and O–H groups in total. The largest absolute Gasteiger partial charge is 0.465 e. The zero-order chi connectivity index (χ0) is 22.1. The average Bonchev–Trinajstić information content (AvgIpc) is 2.75. The summed E-state index contributed by atoms with van der Waals surface area (Å²) in [6, 6.07) is 16.3. The first kappa shape index (κ1) is 22.6. The van der Waals surface area contributed by atoms with E-state index in [2.05, 4.69) is 6.07 Å². The first-order valence-corrected chi connectivity index (χ1v) is 9.46. The number of nitriles is 1. The highest BCUT2D eigenvalue weighted by molar-refractivity contribution is 5.96. The number of nitro groups is 1. The van der Waals surface area contributed by atoms with Gasteiger partial charge in [0.25, 0.3) is 5.69 Å². The summed E-state index contributed by atoms with van der Waals surface area (Å²) < 4.78 is 10.2. The van der Waals surface area contributed by atoms with E-state index in [-0.39, 0.29) is 18.9 Å². The van der Waals surface area contributed by atoms with E-state index in [4.69, 9.17) is 9.47 Å². The van der Waals surface area contributed by atoms with Crippen LogP contribution in [0.4, 0.5) is 5.69 Å². The summed E-state index contributed by atoms with van der Waals surface area (Å²) >= 11 is 0. The fraction of sp³-hybridized carbons (Fsp3) is 0.318. The summed E-state index contributed by atoms with van der Waals surface area (Å²) in [6.45, 7) is 3.36. The summed E-state index contributed by atoms with van der Waals surface area (Å²) in [5, 5.41) is 20.9. The molecule has 30 heavy (non-hydrogen) atoms. The Kier molecular flexibility index (Phi) is 8.06. The number of carbonyl (C=O) groups is 2. The third-order valence-electron chi connectivity index (χ3n) is 4.59. The monoisotopic (exact) mass is 410 g/mol. The van der Waals surface area contributed by atoms with Crippen molar-refractivity contribution in [2.45, 2.75) is 25.7 Å². The lowest BCUT2D eigenvalue weighted by molar-refractivity contribution is -0.384. The molecule has 0 amide bonds. The number of rotatable bonds is 9. The van der Waals surface area contributed by atoms with Gasteiger partial charge < -0.3 is 9.47 Å². The number of hydrogen-bond acceptors (Lipinski definition) is 7. The quantitative estimate of drug-likeness (QED) is 0.267. The molecule has 0 saturated carbocycles. The summed E-state index contributed by atoms with van der Waals surface area (Å²) in [5.41, 5.74) is 0.892. The van der Waals surface area contributed by atoms with Crippen LogP contribution in [0.2, 0.25) is 0 Å². The van der Waals surface area contributed by atoms with Gasteiger partial charge >= 0.3 is 11.9 Å². The van der Waals surface area contributed by atoms with Crippen LogP contribution in [0, 0.1) is 27.4 Å². The third-order valence-corrected chi connectivity index (χ3v) is 4.59. The van der Waals surface area contributed by atoms with E-state index in [0.717, 1.165) is 0 Å². The zero-order valence-corrected chi connectivity index (χ0v) is 16.7. The fourth-order valence-corrected chi connectivity index (χ4v) is 3.27. The maximum Gasteiger partial charge on any atom is 0.321 e. The molecule has 2 aromatic carbocycles. The summed E-state index contributed by atoms with van der Waals surface area (Å²) in [5.74, 6) is -4.80. The Hall–Kier alpha value is -3.73. The van der Waals surface area contributed by atoms with Crippen LogP contribution in [0.25, 0.3) is 0 Å². The van der Waals surface area contributed by atoms with Gasteiger partial charge in [0, 0.05) is 18.1 Å². The van der Waals surface area contributed by atoms with Gasteiger partial charge in [-0.05, 0) is 25.0 Å². The van der Waals surface area contributed by atoms with Crippen LogP contribution in [0.5, 0.6) is 0 Å². The maximum absolute atomic E-state index is 12.7. The first-order chi connectivity index (χ1) is 14.4. The number of nitrogens with zero attached hydrogens (tertiary/aromatic N) is 2. The minimum atomic E-state index is -1.37. The van der Waals surface area contributed by atoms with Crippen LogP contribution in [0.1, 0.15) is 36.8 Å². The van der Waals surface area contributed by atoms with Crippen LogP contribution in [0.3, 0.4) is 0 Å². The Morgan fingerprint density at radius 2 is 1.50 bits per heavy atom. The number of hydrogen-bond donors (Lipinski definition) is 0. The number of nitro benzene ring substituents is 1. The first-order valence-electron chi connectivity index (χ1n) is 9.46. The molecule has 0 unspecified atom stereocenters. The van der Waals surface area contributed by atoms with Crippen LogP contribution in [-0.4, -0.2) is 30.1 Å². The molecule has 0 heterocycles. The predicted molar refractivity (Wildman–Crippen MR) is 107 cm³/mol. The van der Waals surface area contributed by atoms with Gasteiger partial charge in [0.2, 0.25) is 0 Å². The van der Waals surface area contributed by atoms with Crippen molar-refractivity contribution >= 4 is 17.6 Å². The van der Waals surface area contributed by atoms with Crippen molar-refractivity contribution in [1.82, 2.24) is 0 Å². The molecule has 0 aliphatic heterocycles. The van der Waals surface area contributed by atoms with Gasteiger partial charge in [-0.2, -0.15) is 5.26 Å². The summed E-state index contributed by atoms with van der Waals surface area (Å²) in [7, 11) is 0. The lowest BCUT2D eigenvalue weighted by Gasteiger charge is -2.28. The Labute approximate surface area is 174 Å². The molecule has 0 aliphatic carbocycles. The molecule has 0 spiro atoms. The van der Waals surface area contributed by atoms with E-state index < -0.39 is 34.6 Å². The molecule has 156 valence electrons. The fourth-order valence-electron chi connectivity index (χ4n) is 3.27. The smallest absolute Gasteiger partial charge is 0.321 e. The molecule has 0 aliphatic rings. The van der Waals surface area contributed by atoms with Crippen molar-refractivity contribution < 1.29 is 24.0 Å². The highest BCUT2D eigenvalue weighted by Gasteiger charge is 2.43. The van der Waals surface area contributed by atoms with Gasteiger partial charge in [-0.15, -0.1) is 0 Å². The van der Waals surface area contributed by atoms with Crippen molar-refractivity contribution in [2.75, 3.05) is 13.2 Å². The van der Waals surface area contributed by atoms with Crippen LogP contribution < -0.4 is 0 Å². The lowest BCUT2D eigenvalue weighted by atomic mass is 9.74. The van der Waals surface area contributed by atoms with E-state index in [1.807, 2.05) is 0 Å². The van der Waals surface area contributed by atoms with Crippen molar-refractivity contribution in [2.24, 2.45) is 5.92 Å². The second kappa shape index (κ2) is 10.7. The molecule has 8 nitrogen and oxygen atoms in total. The van der Waals surface area contributed by atoms with Gasteiger partial charge in [0.15, 0.2) is 5.92 Å². The molecular formula is C22H22N2O6. The van der Waals surface area contributed by atoms with Gasteiger partial charge in [0.1, 0.15) is 0 Å². The highest BCUT2D eigenvalue weighted by Crippen LogP contribution is 2.40. The van der Waals surface area contributed by atoms with Crippen LogP contribution in [0.15, 0.2) is 54.6 Å². The minimum Gasteiger partial charge on any atom is -0.465 e.